The van der Waals surface area contributed by atoms with E-state index in [1.165, 1.54) is 6.42 Å². The number of ether oxygens (including phenoxy) is 1. The Morgan fingerprint density at radius 3 is 2.95 bits per heavy atom. The third-order valence-electron chi connectivity index (χ3n) is 3.51. The number of nitrogens with zero attached hydrogens (tertiary/aromatic N) is 2. The zero-order chi connectivity index (χ0) is 14.2. The smallest absolute Gasteiger partial charge is 0.222 e. The van der Waals surface area contributed by atoms with Crippen molar-refractivity contribution >= 4 is 5.91 Å². The van der Waals surface area contributed by atoms with Crippen molar-refractivity contribution in [2.75, 3.05) is 19.7 Å². The summed E-state index contributed by atoms with van der Waals surface area (Å²) in [6, 6.07) is 9.18. The van der Waals surface area contributed by atoms with Crippen LogP contribution in [0.1, 0.15) is 37.7 Å². The number of carbonyl (C=O) groups is 1. The molecule has 0 bridgehead atoms. The van der Waals surface area contributed by atoms with Crippen LogP contribution < -0.4 is 4.74 Å². The molecule has 0 spiro atoms. The van der Waals surface area contributed by atoms with E-state index >= 15 is 0 Å². The zero-order valence-electron chi connectivity index (χ0n) is 11.7. The topological polar surface area (TPSA) is 53.3 Å². The number of hydrogen-bond donors (Lipinski definition) is 0. The fourth-order valence-electron chi connectivity index (χ4n) is 2.38. The Morgan fingerprint density at radius 2 is 2.10 bits per heavy atom. The Balaban J connectivity index is 1.81. The first kappa shape index (κ1) is 14.4. The predicted octanol–water partition coefficient (Wildman–Crippen LogP) is 2.73. The van der Waals surface area contributed by atoms with Crippen LogP contribution >= 0.6 is 0 Å². The van der Waals surface area contributed by atoms with Gasteiger partial charge in [-0.25, -0.2) is 0 Å². The monoisotopic (exact) mass is 272 g/mol. The van der Waals surface area contributed by atoms with Gasteiger partial charge >= 0.3 is 0 Å². The summed E-state index contributed by atoms with van der Waals surface area (Å²) in [5.41, 5.74) is 0.588. The number of rotatable bonds is 4. The summed E-state index contributed by atoms with van der Waals surface area (Å²) >= 11 is 0. The lowest BCUT2D eigenvalue weighted by Gasteiger charge is -2.24. The SMILES string of the molecule is N#Cc1cccc(OCCN2CCCCCCC2=O)c1. The molecule has 2 rings (SSSR count). The maximum Gasteiger partial charge on any atom is 0.222 e. The predicted molar refractivity (Wildman–Crippen MR) is 76.3 cm³/mol. The number of nitriles is 1. The Kier molecular flexibility index (Phi) is 5.43. The van der Waals surface area contributed by atoms with Gasteiger partial charge in [0.1, 0.15) is 12.4 Å². The molecule has 1 aliphatic rings. The summed E-state index contributed by atoms with van der Waals surface area (Å²) in [5.74, 6) is 0.919. The van der Waals surface area contributed by atoms with Gasteiger partial charge in [-0.1, -0.05) is 18.9 Å². The lowest BCUT2D eigenvalue weighted by molar-refractivity contribution is -0.132. The number of hydrogen-bond acceptors (Lipinski definition) is 3. The van der Waals surface area contributed by atoms with E-state index in [0.717, 1.165) is 25.8 Å². The molecule has 106 valence electrons. The molecule has 1 aromatic carbocycles. The average Bonchev–Trinajstić information content (AvgIpc) is 2.46. The van der Waals surface area contributed by atoms with Gasteiger partial charge in [0.05, 0.1) is 18.2 Å². The number of amides is 1. The standard InChI is InChI=1S/C16H20N2O2/c17-13-14-6-5-7-15(12-14)20-11-10-18-9-4-2-1-3-8-16(18)19/h5-7,12H,1-4,8-11H2. The van der Waals surface area contributed by atoms with Crippen LogP contribution in [-0.4, -0.2) is 30.5 Å². The van der Waals surface area contributed by atoms with E-state index < -0.39 is 0 Å². The van der Waals surface area contributed by atoms with Gasteiger partial charge in [0.15, 0.2) is 0 Å². The number of carbonyl (C=O) groups excluding carboxylic acids is 1. The summed E-state index contributed by atoms with van der Waals surface area (Å²) in [7, 11) is 0. The molecule has 1 aliphatic heterocycles. The highest BCUT2D eigenvalue weighted by Gasteiger charge is 2.15. The van der Waals surface area contributed by atoms with Gasteiger partial charge in [0, 0.05) is 13.0 Å². The van der Waals surface area contributed by atoms with Crippen molar-refractivity contribution in [3.05, 3.63) is 29.8 Å². The van der Waals surface area contributed by atoms with Crippen LogP contribution in [0.3, 0.4) is 0 Å². The van der Waals surface area contributed by atoms with Gasteiger partial charge in [-0.3, -0.25) is 4.79 Å². The average molecular weight is 272 g/mol. The normalized spacial score (nSPS) is 16.1. The summed E-state index contributed by atoms with van der Waals surface area (Å²) in [6.45, 7) is 1.93. The minimum atomic E-state index is 0.235. The van der Waals surface area contributed by atoms with E-state index in [-0.39, 0.29) is 5.91 Å². The van der Waals surface area contributed by atoms with Crippen LogP contribution in [0.5, 0.6) is 5.75 Å². The lowest BCUT2D eigenvalue weighted by atomic mass is 10.1. The molecular formula is C16H20N2O2. The maximum atomic E-state index is 11.9. The third-order valence-corrected chi connectivity index (χ3v) is 3.51. The first-order valence-electron chi connectivity index (χ1n) is 7.20. The van der Waals surface area contributed by atoms with Crippen LogP contribution in [0.25, 0.3) is 0 Å². The molecule has 0 atom stereocenters. The second kappa shape index (κ2) is 7.54. The van der Waals surface area contributed by atoms with E-state index in [1.54, 1.807) is 18.2 Å². The van der Waals surface area contributed by atoms with Gasteiger partial charge in [0.2, 0.25) is 5.91 Å². The molecule has 1 amide bonds. The summed E-state index contributed by atoms with van der Waals surface area (Å²) in [5, 5.41) is 8.83. The third kappa shape index (κ3) is 4.27. The van der Waals surface area contributed by atoms with Crippen LogP contribution in [0.4, 0.5) is 0 Å². The van der Waals surface area contributed by atoms with Crippen molar-refractivity contribution < 1.29 is 9.53 Å². The van der Waals surface area contributed by atoms with Crippen LogP contribution in [0, 0.1) is 11.3 Å². The quantitative estimate of drug-likeness (QED) is 0.846. The second-order valence-electron chi connectivity index (χ2n) is 5.03. The fraction of sp³-hybridized carbons (Fsp3) is 0.500. The molecule has 4 heteroatoms. The van der Waals surface area contributed by atoms with Crippen molar-refractivity contribution in [2.45, 2.75) is 32.1 Å². The highest BCUT2D eigenvalue weighted by atomic mass is 16.5. The first-order valence-corrected chi connectivity index (χ1v) is 7.20. The fourth-order valence-corrected chi connectivity index (χ4v) is 2.38. The molecule has 1 heterocycles. The van der Waals surface area contributed by atoms with Gasteiger partial charge in [-0.15, -0.1) is 0 Å². The van der Waals surface area contributed by atoms with E-state index in [9.17, 15) is 4.79 Å². The Labute approximate surface area is 120 Å². The molecule has 1 fully saturated rings. The molecule has 0 saturated carbocycles. The van der Waals surface area contributed by atoms with Crippen LogP contribution in [0.15, 0.2) is 24.3 Å². The van der Waals surface area contributed by atoms with Crippen molar-refractivity contribution in [2.24, 2.45) is 0 Å². The van der Waals surface area contributed by atoms with E-state index in [1.807, 2.05) is 11.0 Å². The largest absolute Gasteiger partial charge is 0.492 e. The second-order valence-corrected chi connectivity index (χ2v) is 5.03. The Morgan fingerprint density at radius 1 is 1.25 bits per heavy atom. The number of likely N-dealkylation sites (tertiary alicyclic amines) is 1. The minimum Gasteiger partial charge on any atom is -0.492 e. The first-order chi connectivity index (χ1) is 9.79. The van der Waals surface area contributed by atoms with Crippen molar-refractivity contribution in [1.82, 2.24) is 4.90 Å². The molecule has 20 heavy (non-hydrogen) atoms. The van der Waals surface area contributed by atoms with E-state index in [4.69, 9.17) is 10.00 Å². The molecule has 1 aromatic rings. The van der Waals surface area contributed by atoms with Crippen LogP contribution in [-0.2, 0) is 4.79 Å². The number of benzene rings is 1. The Hall–Kier alpha value is -2.02. The maximum absolute atomic E-state index is 11.9. The lowest BCUT2D eigenvalue weighted by Crippen LogP contribution is -2.36. The van der Waals surface area contributed by atoms with Gasteiger partial charge in [-0.2, -0.15) is 5.26 Å². The molecular weight excluding hydrogens is 252 g/mol. The highest BCUT2D eigenvalue weighted by Crippen LogP contribution is 2.14. The summed E-state index contributed by atoms with van der Waals surface area (Å²) < 4.78 is 5.63. The molecule has 0 radical (unpaired) electrons. The highest BCUT2D eigenvalue weighted by molar-refractivity contribution is 5.76. The molecule has 0 aliphatic carbocycles. The van der Waals surface area contributed by atoms with Crippen molar-refractivity contribution in [3.63, 3.8) is 0 Å². The van der Waals surface area contributed by atoms with Crippen molar-refractivity contribution in [3.8, 4) is 11.8 Å². The van der Waals surface area contributed by atoms with Gasteiger partial charge < -0.3 is 9.64 Å². The molecule has 0 aromatic heterocycles. The van der Waals surface area contributed by atoms with Crippen molar-refractivity contribution in [1.29, 1.82) is 5.26 Å². The molecule has 0 unspecified atom stereocenters. The van der Waals surface area contributed by atoms with Gasteiger partial charge in [-0.05, 0) is 31.0 Å². The molecule has 4 nitrogen and oxygen atoms in total. The van der Waals surface area contributed by atoms with Crippen LogP contribution in [0.2, 0.25) is 0 Å². The van der Waals surface area contributed by atoms with E-state index in [2.05, 4.69) is 6.07 Å². The summed E-state index contributed by atoms with van der Waals surface area (Å²) in [6.07, 6.45) is 5.10. The minimum absolute atomic E-state index is 0.235. The van der Waals surface area contributed by atoms with Gasteiger partial charge in [0.25, 0.3) is 0 Å². The Bertz CT molecular complexity index is 493. The molecule has 0 N–H and O–H groups in total. The zero-order valence-corrected chi connectivity index (χ0v) is 11.7. The van der Waals surface area contributed by atoms with E-state index in [0.29, 0.717) is 30.9 Å². The molecule has 1 saturated heterocycles. The summed E-state index contributed by atoms with van der Waals surface area (Å²) in [4.78, 5) is 13.8.